The highest BCUT2D eigenvalue weighted by Gasteiger charge is 2.31. The van der Waals surface area contributed by atoms with Gasteiger partial charge in [-0.25, -0.2) is 0 Å². The molecule has 1 unspecified atom stereocenters. The fourth-order valence-electron chi connectivity index (χ4n) is 3.20. The van der Waals surface area contributed by atoms with E-state index in [9.17, 15) is 15.0 Å². The van der Waals surface area contributed by atoms with E-state index in [1.807, 2.05) is 17.0 Å². The van der Waals surface area contributed by atoms with E-state index in [0.29, 0.717) is 25.3 Å². The van der Waals surface area contributed by atoms with E-state index in [4.69, 9.17) is 4.74 Å². The van der Waals surface area contributed by atoms with Crippen LogP contribution in [0.4, 0.5) is 0 Å². The van der Waals surface area contributed by atoms with Crippen molar-refractivity contribution in [3.05, 3.63) is 59.9 Å². The molecule has 0 amide bonds. The molecule has 0 spiro atoms. The van der Waals surface area contributed by atoms with Crippen molar-refractivity contribution in [2.75, 3.05) is 13.1 Å². The van der Waals surface area contributed by atoms with Gasteiger partial charge in [0.25, 0.3) is 0 Å². The normalized spacial score (nSPS) is 17.3. The summed E-state index contributed by atoms with van der Waals surface area (Å²) < 4.78 is 5.93. The van der Waals surface area contributed by atoms with Gasteiger partial charge in [-0.05, 0) is 42.2 Å². The van der Waals surface area contributed by atoms with Crippen LogP contribution in [-0.2, 0) is 16.1 Å². The first-order valence-electron chi connectivity index (χ1n) is 8.40. The van der Waals surface area contributed by atoms with Crippen LogP contribution in [0.2, 0.25) is 0 Å². The molecule has 0 saturated carbocycles. The maximum absolute atomic E-state index is 11.7. The predicted octanol–water partition coefficient (Wildman–Crippen LogP) is 2.59. The summed E-state index contributed by atoms with van der Waals surface area (Å²) >= 11 is 0. The third-order valence-corrected chi connectivity index (χ3v) is 4.47. The molecular formula is C19H22N2O4. The average Bonchev–Trinajstić information content (AvgIpc) is 2.62. The lowest BCUT2D eigenvalue weighted by molar-refractivity contribution is -0.145. The summed E-state index contributed by atoms with van der Waals surface area (Å²) in [5.74, 6) is -0.821. The Bertz CT molecular complexity index is 700. The van der Waals surface area contributed by atoms with Gasteiger partial charge in [0.2, 0.25) is 0 Å². The van der Waals surface area contributed by atoms with E-state index in [1.54, 1.807) is 30.6 Å². The number of carbonyl (C=O) groups is 1. The van der Waals surface area contributed by atoms with Crippen LogP contribution in [0, 0.1) is 0 Å². The number of hydrogen-bond donors (Lipinski definition) is 2. The topological polar surface area (TPSA) is 82.9 Å². The third kappa shape index (κ3) is 4.55. The lowest BCUT2D eigenvalue weighted by atomic mass is 10.00. The van der Waals surface area contributed by atoms with E-state index < -0.39 is 12.0 Å². The van der Waals surface area contributed by atoms with Crippen LogP contribution < -0.4 is 0 Å². The maximum Gasteiger partial charge on any atom is 0.325 e. The molecule has 25 heavy (non-hydrogen) atoms. The lowest BCUT2D eigenvalue weighted by Gasteiger charge is -2.35. The van der Waals surface area contributed by atoms with Crippen molar-refractivity contribution in [1.82, 2.24) is 9.88 Å². The van der Waals surface area contributed by atoms with Crippen LogP contribution >= 0.6 is 0 Å². The molecule has 2 heterocycles. The van der Waals surface area contributed by atoms with Gasteiger partial charge in [0.1, 0.15) is 11.8 Å². The number of aliphatic carboxylic acids is 1. The fourth-order valence-corrected chi connectivity index (χ4v) is 3.20. The summed E-state index contributed by atoms with van der Waals surface area (Å²) in [7, 11) is 0. The van der Waals surface area contributed by atoms with Gasteiger partial charge < -0.3 is 14.9 Å². The Hall–Kier alpha value is -2.44. The van der Waals surface area contributed by atoms with Crippen LogP contribution in [0.1, 0.15) is 30.0 Å². The second-order valence-corrected chi connectivity index (χ2v) is 6.24. The van der Waals surface area contributed by atoms with Crippen molar-refractivity contribution in [3.63, 3.8) is 0 Å². The molecule has 1 aliphatic heterocycles. The number of carboxylic acid groups (broad SMARTS) is 1. The number of carboxylic acids is 1. The molecule has 6 nitrogen and oxygen atoms in total. The largest absolute Gasteiger partial charge is 0.508 e. The smallest absolute Gasteiger partial charge is 0.325 e. The van der Waals surface area contributed by atoms with Crippen LogP contribution in [0.5, 0.6) is 5.75 Å². The van der Waals surface area contributed by atoms with Gasteiger partial charge in [-0.15, -0.1) is 0 Å². The van der Waals surface area contributed by atoms with Gasteiger partial charge in [-0.1, -0.05) is 18.2 Å². The van der Waals surface area contributed by atoms with Gasteiger partial charge in [0.15, 0.2) is 0 Å². The number of pyridine rings is 1. The number of aromatic nitrogens is 1. The van der Waals surface area contributed by atoms with Crippen LogP contribution in [0.25, 0.3) is 0 Å². The molecule has 1 aromatic heterocycles. The standard InChI is InChI=1S/C19H22N2O4/c22-16-5-1-4-15(11-16)18(19(23)24)21-9-6-17(7-10-21)25-13-14-3-2-8-20-12-14/h1-5,8,11-12,17-18,22H,6-7,9-10,13H2,(H,23,24). The Morgan fingerprint density at radius 1 is 1.28 bits per heavy atom. The molecule has 2 N–H and O–H groups in total. The second-order valence-electron chi connectivity index (χ2n) is 6.24. The van der Waals surface area contributed by atoms with Gasteiger partial charge in [-0.2, -0.15) is 0 Å². The molecule has 0 bridgehead atoms. The highest BCUT2D eigenvalue weighted by Crippen LogP contribution is 2.28. The Kier molecular flexibility index (Phi) is 5.63. The fraction of sp³-hybridized carbons (Fsp3) is 0.368. The lowest BCUT2D eigenvalue weighted by Crippen LogP contribution is -2.42. The zero-order valence-corrected chi connectivity index (χ0v) is 13.9. The number of ether oxygens (including phenoxy) is 1. The molecule has 132 valence electrons. The number of rotatable bonds is 6. The second kappa shape index (κ2) is 8.09. The van der Waals surface area contributed by atoms with E-state index in [1.165, 1.54) is 6.07 Å². The highest BCUT2D eigenvalue weighted by molar-refractivity contribution is 5.75. The number of aromatic hydroxyl groups is 1. The third-order valence-electron chi connectivity index (χ3n) is 4.47. The number of likely N-dealkylation sites (tertiary alicyclic amines) is 1. The Balaban J connectivity index is 1.57. The summed E-state index contributed by atoms with van der Waals surface area (Å²) in [6.45, 7) is 1.81. The van der Waals surface area contributed by atoms with Crippen LogP contribution in [-0.4, -0.2) is 45.3 Å². The molecule has 0 aliphatic carbocycles. The minimum atomic E-state index is -0.902. The van der Waals surface area contributed by atoms with Gasteiger partial charge >= 0.3 is 5.97 Å². The molecule has 1 atom stereocenters. The summed E-state index contributed by atoms with van der Waals surface area (Å²) in [6.07, 6.45) is 5.20. The van der Waals surface area contributed by atoms with Crippen LogP contribution in [0.15, 0.2) is 48.8 Å². The highest BCUT2D eigenvalue weighted by atomic mass is 16.5. The summed E-state index contributed by atoms with van der Waals surface area (Å²) in [5, 5.41) is 19.3. The molecule has 1 aromatic carbocycles. The quantitative estimate of drug-likeness (QED) is 0.840. The first kappa shape index (κ1) is 17.4. The number of piperidine rings is 1. The molecule has 6 heteroatoms. The van der Waals surface area contributed by atoms with Crippen molar-refractivity contribution >= 4 is 5.97 Å². The SMILES string of the molecule is O=C(O)C(c1cccc(O)c1)N1CCC(OCc2cccnc2)CC1. The number of nitrogens with zero attached hydrogens (tertiary/aromatic N) is 2. The predicted molar refractivity (Wildman–Crippen MR) is 92.1 cm³/mol. The molecule has 2 aromatic rings. The van der Waals surface area contributed by atoms with Crippen molar-refractivity contribution < 1.29 is 19.7 Å². The minimum Gasteiger partial charge on any atom is -0.508 e. The molecule has 1 fully saturated rings. The van der Waals surface area contributed by atoms with Gasteiger partial charge in [0, 0.05) is 25.5 Å². The van der Waals surface area contributed by atoms with E-state index in [-0.39, 0.29) is 11.9 Å². The van der Waals surface area contributed by atoms with E-state index in [0.717, 1.165) is 18.4 Å². The Morgan fingerprint density at radius 2 is 2.08 bits per heavy atom. The van der Waals surface area contributed by atoms with Gasteiger partial charge in [-0.3, -0.25) is 14.7 Å². The van der Waals surface area contributed by atoms with Crippen molar-refractivity contribution in [2.24, 2.45) is 0 Å². The first-order valence-corrected chi connectivity index (χ1v) is 8.40. The molecular weight excluding hydrogens is 320 g/mol. The zero-order valence-electron chi connectivity index (χ0n) is 13.9. The Labute approximate surface area is 146 Å². The monoisotopic (exact) mass is 342 g/mol. The van der Waals surface area contributed by atoms with Crippen LogP contribution in [0.3, 0.4) is 0 Å². The Morgan fingerprint density at radius 3 is 2.72 bits per heavy atom. The molecule has 0 radical (unpaired) electrons. The average molecular weight is 342 g/mol. The van der Waals surface area contributed by atoms with Gasteiger partial charge in [0.05, 0.1) is 12.7 Å². The number of phenolic OH excluding ortho intramolecular Hbond substituents is 1. The number of benzene rings is 1. The summed E-state index contributed by atoms with van der Waals surface area (Å²) in [5.41, 5.74) is 1.63. The molecule has 3 rings (SSSR count). The van der Waals surface area contributed by atoms with E-state index in [2.05, 4.69) is 4.98 Å². The number of phenols is 1. The summed E-state index contributed by atoms with van der Waals surface area (Å²) in [4.78, 5) is 17.7. The number of hydrogen-bond acceptors (Lipinski definition) is 5. The van der Waals surface area contributed by atoms with Crippen molar-refractivity contribution in [2.45, 2.75) is 31.6 Å². The first-order chi connectivity index (χ1) is 12.1. The van der Waals surface area contributed by atoms with Crippen molar-refractivity contribution in [3.8, 4) is 5.75 Å². The minimum absolute atomic E-state index is 0.0819. The zero-order chi connectivity index (χ0) is 17.6. The maximum atomic E-state index is 11.7. The van der Waals surface area contributed by atoms with Crippen molar-refractivity contribution in [1.29, 1.82) is 0 Å². The molecule has 1 aliphatic rings. The summed E-state index contributed by atoms with van der Waals surface area (Å²) in [6, 6.07) is 9.59. The molecule has 1 saturated heterocycles. The van der Waals surface area contributed by atoms with E-state index >= 15 is 0 Å².